The molecule has 0 fully saturated rings. The third kappa shape index (κ3) is 1.59. The van der Waals surface area contributed by atoms with Gasteiger partial charge >= 0.3 is 0 Å². The van der Waals surface area contributed by atoms with Crippen molar-refractivity contribution in [2.24, 2.45) is 5.10 Å². The van der Waals surface area contributed by atoms with Gasteiger partial charge in [-0.1, -0.05) is 18.7 Å². The molecule has 2 heteroatoms. The summed E-state index contributed by atoms with van der Waals surface area (Å²) in [6.45, 7) is 5.99. The number of nitrogens with zero attached hydrogens (tertiary/aromatic N) is 2. The fraction of sp³-hybridized carbons (Fsp3) is 0.0833. The van der Waals surface area contributed by atoms with Crippen LogP contribution in [0.2, 0.25) is 0 Å². The molecule has 0 radical (unpaired) electrons. The molecule has 0 atom stereocenters. The monoisotopic (exact) mass is 184 g/mol. The van der Waals surface area contributed by atoms with Gasteiger partial charge in [-0.25, -0.2) is 5.01 Å². The predicted octanol–water partition coefficient (Wildman–Crippen LogP) is 2.87. The summed E-state index contributed by atoms with van der Waals surface area (Å²) in [6, 6.07) is 8.19. The Bertz CT molecular complexity index is 416. The maximum absolute atomic E-state index is 4.24. The molecule has 1 aliphatic rings. The second-order valence-corrected chi connectivity index (χ2v) is 3.27. The number of benzene rings is 1. The first-order chi connectivity index (χ1) is 6.77. The minimum Gasteiger partial charge on any atom is -0.234 e. The highest BCUT2D eigenvalue weighted by atomic mass is 15.5. The average Bonchev–Trinajstić information content (AvgIpc) is 2.18. The molecule has 14 heavy (non-hydrogen) atoms. The molecule has 1 aromatic rings. The third-order valence-corrected chi connectivity index (χ3v) is 2.08. The molecule has 0 bridgehead atoms. The molecule has 1 aromatic carbocycles. The Morgan fingerprint density at radius 3 is 2.93 bits per heavy atom. The van der Waals surface area contributed by atoms with Crippen LogP contribution in [0.5, 0.6) is 0 Å². The van der Waals surface area contributed by atoms with Crippen molar-refractivity contribution < 1.29 is 0 Å². The first kappa shape index (κ1) is 8.75. The van der Waals surface area contributed by atoms with E-state index in [9.17, 15) is 0 Å². The normalized spacial score (nSPS) is 14.9. The third-order valence-electron chi connectivity index (χ3n) is 2.08. The standard InChI is InChI=1S/C12H12N2/c1-10-5-3-7-12(9-10)14-11(2)6-4-8-13-14/h3-9H,2H2,1H3. The zero-order valence-corrected chi connectivity index (χ0v) is 8.14. The van der Waals surface area contributed by atoms with Crippen LogP contribution < -0.4 is 5.01 Å². The first-order valence-electron chi connectivity index (χ1n) is 4.54. The number of aryl methyl sites for hydroxylation is 1. The van der Waals surface area contributed by atoms with E-state index in [0.29, 0.717) is 0 Å². The van der Waals surface area contributed by atoms with Crippen molar-refractivity contribution in [2.45, 2.75) is 6.92 Å². The number of rotatable bonds is 1. The maximum Gasteiger partial charge on any atom is 0.0655 e. The van der Waals surface area contributed by atoms with Crippen LogP contribution in [0.15, 0.2) is 53.8 Å². The molecule has 0 unspecified atom stereocenters. The highest BCUT2D eigenvalue weighted by Gasteiger charge is 2.07. The van der Waals surface area contributed by atoms with Crippen molar-refractivity contribution in [3.63, 3.8) is 0 Å². The van der Waals surface area contributed by atoms with Crippen LogP contribution in [0, 0.1) is 6.92 Å². The van der Waals surface area contributed by atoms with E-state index < -0.39 is 0 Å². The lowest BCUT2D eigenvalue weighted by Crippen LogP contribution is -2.15. The van der Waals surface area contributed by atoms with E-state index in [1.165, 1.54) is 5.56 Å². The smallest absolute Gasteiger partial charge is 0.0655 e. The van der Waals surface area contributed by atoms with E-state index in [-0.39, 0.29) is 0 Å². The van der Waals surface area contributed by atoms with Crippen molar-refractivity contribution in [3.8, 4) is 0 Å². The van der Waals surface area contributed by atoms with Gasteiger partial charge in [0.25, 0.3) is 0 Å². The molecule has 2 rings (SSSR count). The van der Waals surface area contributed by atoms with Crippen LogP contribution in [-0.4, -0.2) is 6.21 Å². The Kier molecular flexibility index (Phi) is 2.19. The molecule has 2 nitrogen and oxygen atoms in total. The van der Waals surface area contributed by atoms with E-state index in [0.717, 1.165) is 11.4 Å². The number of allylic oxidation sites excluding steroid dienone is 2. The minimum absolute atomic E-state index is 0.887. The van der Waals surface area contributed by atoms with Gasteiger partial charge in [-0.15, -0.1) is 0 Å². The van der Waals surface area contributed by atoms with Gasteiger partial charge in [-0.05, 0) is 36.8 Å². The molecule has 70 valence electrons. The molecular formula is C12H12N2. The molecule has 0 saturated carbocycles. The molecule has 1 heterocycles. The first-order valence-corrected chi connectivity index (χ1v) is 4.54. The number of hydrazone groups is 1. The Balaban J connectivity index is 2.36. The van der Waals surface area contributed by atoms with Gasteiger partial charge in [0.05, 0.1) is 11.4 Å². The summed E-state index contributed by atoms with van der Waals surface area (Å²) in [7, 11) is 0. The lowest BCUT2D eigenvalue weighted by atomic mass is 10.2. The minimum atomic E-state index is 0.887. The summed E-state index contributed by atoms with van der Waals surface area (Å²) < 4.78 is 0. The molecule has 0 spiro atoms. The number of hydrogen-bond donors (Lipinski definition) is 0. The molecular weight excluding hydrogens is 172 g/mol. The second kappa shape index (κ2) is 3.50. The largest absolute Gasteiger partial charge is 0.234 e. The van der Waals surface area contributed by atoms with Crippen LogP contribution >= 0.6 is 0 Å². The predicted molar refractivity (Wildman–Crippen MR) is 60.4 cm³/mol. The van der Waals surface area contributed by atoms with Crippen molar-refractivity contribution >= 4 is 11.9 Å². The van der Waals surface area contributed by atoms with Crippen LogP contribution in [0.25, 0.3) is 0 Å². The van der Waals surface area contributed by atoms with Gasteiger partial charge in [0.1, 0.15) is 0 Å². The number of hydrogen-bond acceptors (Lipinski definition) is 2. The molecule has 1 aliphatic heterocycles. The van der Waals surface area contributed by atoms with E-state index in [2.05, 4.69) is 30.7 Å². The zero-order valence-electron chi connectivity index (χ0n) is 8.14. The van der Waals surface area contributed by atoms with Gasteiger partial charge in [-0.3, -0.25) is 0 Å². The van der Waals surface area contributed by atoms with Crippen molar-refractivity contribution in [1.82, 2.24) is 0 Å². The second-order valence-electron chi connectivity index (χ2n) is 3.27. The summed E-state index contributed by atoms with van der Waals surface area (Å²) in [5.41, 5.74) is 3.16. The molecule has 0 N–H and O–H groups in total. The topological polar surface area (TPSA) is 15.6 Å². The Hall–Kier alpha value is -1.83. The van der Waals surface area contributed by atoms with Crippen molar-refractivity contribution in [1.29, 1.82) is 0 Å². The highest BCUT2D eigenvalue weighted by molar-refractivity contribution is 5.77. The maximum atomic E-state index is 4.24. The zero-order chi connectivity index (χ0) is 9.97. The lowest BCUT2D eigenvalue weighted by Gasteiger charge is -2.21. The lowest BCUT2D eigenvalue weighted by molar-refractivity contribution is 1.03. The fourth-order valence-electron chi connectivity index (χ4n) is 1.40. The van der Waals surface area contributed by atoms with Gasteiger partial charge in [0.15, 0.2) is 0 Å². The fourth-order valence-corrected chi connectivity index (χ4v) is 1.40. The highest BCUT2D eigenvalue weighted by Crippen LogP contribution is 2.21. The van der Waals surface area contributed by atoms with Gasteiger partial charge in [0, 0.05) is 6.21 Å². The summed E-state index contributed by atoms with van der Waals surface area (Å²) >= 11 is 0. The summed E-state index contributed by atoms with van der Waals surface area (Å²) in [4.78, 5) is 0. The van der Waals surface area contributed by atoms with Crippen molar-refractivity contribution in [3.05, 3.63) is 54.3 Å². The molecule has 0 saturated heterocycles. The Morgan fingerprint density at radius 2 is 2.21 bits per heavy atom. The summed E-state index contributed by atoms with van der Waals surface area (Å²) in [5, 5.41) is 6.07. The molecule has 0 aromatic heterocycles. The van der Waals surface area contributed by atoms with Crippen LogP contribution in [0.4, 0.5) is 5.69 Å². The summed E-state index contributed by atoms with van der Waals surface area (Å²) in [6.07, 6.45) is 5.58. The van der Waals surface area contributed by atoms with E-state index in [1.54, 1.807) is 6.21 Å². The molecule has 0 aliphatic carbocycles. The molecule has 0 amide bonds. The van der Waals surface area contributed by atoms with E-state index in [4.69, 9.17) is 0 Å². The van der Waals surface area contributed by atoms with Gasteiger partial charge in [-0.2, -0.15) is 5.10 Å². The van der Waals surface area contributed by atoms with Gasteiger partial charge < -0.3 is 0 Å². The van der Waals surface area contributed by atoms with Crippen LogP contribution in [0.1, 0.15) is 5.56 Å². The van der Waals surface area contributed by atoms with E-state index >= 15 is 0 Å². The number of anilines is 1. The Labute approximate surface area is 83.9 Å². The SMILES string of the molecule is C=C1C=CC=NN1c1cccc(C)c1. The quantitative estimate of drug-likeness (QED) is 0.655. The van der Waals surface area contributed by atoms with Gasteiger partial charge in [0.2, 0.25) is 0 Å². The Morgan fingerprint density at radius 1 is 1.36 bits per heavy atom. The van der Waals surface area contributed by atoms with Crippen LogP contribution in [-0.2, 0) is 0 Å². The van der Waals surface area contributed by atoms with Crippen molar-refractivity contribution in [2.75, 3.05) is 5.01 Å². The summed E-state index contributed by atoms with van der Waals surface area (Å²) in [5.74, 6) is 0. The van der Waals surface area contributed by atoms with E-state index in [1.807, 2.05) is 29.3 Å². The average molecular weight is 184 g/mol. The van der Waals surface area contributed by atoms with Crippen LogP contribution in [0.3, 0.4) is 0 Å².